The summed E-state index contributed by atoms with van der Waals surface area (Å²) in [6.45, 7) is 2.52. The first-order chi connectivity index (χ1) is 9.27. The van der Waals surface area contributed by atoms with Gasteiger partial charge in [-0.05, 0) is 24.1 Å². The van der Waals surface area contributed by atoms with Crippen LogP contribution in [0.15, 0.2) is 28.7 Å². The van der Waals surface area contributed by atoms with E-state index in [1.54, 1.807) is 0 Å². The van der Waals surface area contributed by atoms with Crippen LogP contribution in [0.2, 0.25) is 0 Å². The van der Waals surface area contributed by atoms with Gasteiger partial charge in [0.1, 0.15) is 0 Å². The van der Waals surface area contributed by atoms with Crippen molar-refractivity contribution in [3.05, 3.63) is 34.3 Å². The zero-order chi connectivity index (χ0) is 13.9. The minimum absolute atomic E-state index is 0.261. The second-order valence-corrected chi connectivity index (χ2v) is 6.26. The second-order valence-electron chi connectivity index (χ2n) is 5.34. The quantitative estimate of drug-likeness (QED) is 0.549. The number of benzene rings is 1. The Hall–Kier alpha value is -0.340. The van der Waals surface area contributed by atoms with Crippen LogP contribution < -0.4 is 0 Å². The van der Waals surface area contributed by atoms with E-state index in [2.05, 4.69) is 47.1 Å². The van der Waals surface area contributed by atoms with Crippen molar-refractivity contribution in [1.29, 1.82) is 0 Å². The Morgan fingerprint density at radius 2 is 1.53 bits per heavy atom. The maximum Gasteiger partial charge on any atom is 0.0499 e. The summed E-state index contributed by atoms with van der Waals surface area (Å²) >= 11 is 3.45. The monoisotopic (exact) mass is 326 g/mol. The van der Waals surface area contributed by atoms with Crippen molar-refractivity contribution in [3.63, 3.8) is 0 Å². The average molecular weight is 327 g/mol. The highest BCUT2D eigenvalue weighted by molar-refractivity contribution is 9.10. The Kier molecular flexibility index (Phi) is 9.19. The second kappa shape index (κ2) is 10.4. The molecule has 0 saturated carbocycles. The molecule has 0 aliphatic carbocycles. The van der Waals surface area contributed by atoms with E-state index < -0.39 is 0 Å². The molecule has 0 aliphatic rings. The fourth-order valence-electron chi connectivity index (χ4n) is 2.45. The molecule has 0 radical (unpaired) electrons. The van der Waals surface area contributed by atoms with E-state index in [1.165, 1.54) is 50.5 Å². The first kappa shape index (κ1) is 16.7. The fourth-order valence-corrected chi connectivity index (χ4v) is 2.71. The lowest BCUT2D eigenvalue weighted by atomic mass is 9.93. The molecule has 1 nitrogen and oxygen atoms in total. The molecule has 0 amide bonds. The van der Waals surface area contributed by atoms with E-state index in [-0.39, 0.29) is 6.61 Å². The van der Waals surface area contributed by atoms with Crippen LogP contribution in [0.5, 0.6) is 0 Å². The highest BCUT2D eigenvalue weighted by Gasteiger charge is 2.09. The van der Waals surface area contributed by atoms with Crippen LogP contribution in [0.3, 0.4) is 0 Å². The van der Waals surface area contributed by atoms with Gasteiger partial charge in [0.05, 0.1) is 0 Å². The van der Waals surface area contributed by atoms with Crippen molar-refractivity contribution in [1.82, 2.24) is 0 Å². The lowest BCUT2D eigenvalue weighted by molar-refractivity contribution is 0.256. The minimum Gasteiger partial charge on any atom is -0.396 e. The molecule has 1 unspecified atom stereocenters. The normalized spacial score (nSPS) is 12.6. The van der Waals surface area contributed by atoms with Crippen LogP contribution in [0.25, 0.3) is 0 Å². The molecule has 0 fully saturated rings. The molecule has 2 heteroatoms. The first-order valence-electron chi connectivity index (χ1n) is 7.64. The summed E-state index contributed by atoms with van der Waals surface area (Å²) in [6, 6.07) is 8.35. The average Bonchev–Trinajstić information content (AvgIpc) is 2.43. The summed E-state index contributed by atoms with van der Waals surface area (Å²) in [5.74, 6) is 0.309. The Bertz CT molecular complexity index is 321. The van der Waals surface area contributed by atoms with Crippen molar-refractivity contribution < 1.29 is 5.11 Å². The van der Waals surface area contributed by atoms with Crippen LogP contribution in [-0.4, -0.2) is 11.7 Å². The lowest BCUT2D eigenvalue weighted by Gasteiger charge is -2.14. The number of unbranched alkanes of at least 4 members (excludes halogenated alkanes) is 6. The van der Waals surface area contributed by atoms with Gasteiger partial charge in [-0.2, -0.15) is 0 Å². The van der Waals surface area contributed by atoms with Crippen LogP contribution in [0, 0.1) is 0 Å². The molecule has 1 aromatic carbocycles. The molecule has 1 rings (SSSR count). The van der Waals surface area contributed by atoms with Gasteiger partial charge in [-0.1, -0.05) is 79.9 Å². The molecule has 108 valence electrons. The SMILES string of the molecule is CCCCCCCCCC(CO)c1ccc(Br)cc1. The van der Waals surface area contributed by atoms with E-state index in [1.807, 2.05) is 0 Å². The summed E-state index contributed by atoms with van der Waals surface area (Å²) < 4.78 is 1.10. The van der Waals surface area contributed by atoms with E-state index in [0.29, 0.717) is 5.92 Å². The van der Waals surface area contributed by atoms with E-state index in [0.717, 1.165) is 10.9 Å². The Morgan fingerprint density at radius 3 is 2.11 bits per heavy atom. The zero-order valence-corrected chi connectivity index (χ0v) is 13.7. The third-order valence-electron chi connectivity index (χ3n) is 3.72. The van der Waals surface area contributed by atoms with E-state index >= 15 is 0 Å². The molecule has 0 saturated heterocycles. The standard InChI is InChI=1S/C17H27BrO/c1-2-3-4-5-6-7-8-9-16(14-19)15-10-12-17(18)13-11-15/h10-13,16,19H,2-9,14H2,1H3. The van der Waals surface area contributed by atoms with Crippen LogP contribution in [0.1, 0.15) is 69.8 Å². The summed E-state index contributed by atoms with van der Waals surface area (Å²) in [7, 11) is 0. The molecule has 19 heavy (non-hydrogen) atoms. The molecular formula is C17H27BrO. The number of hydrogen-bond acceptors (Lipinski definition) is 1. The van der Waals surface area contributed by atoms with Crippen LogP contribution in [0.4, 0.5) is 0 Å². The minimum atomic E-state index is 0.261. The van der Waals surface area contributed by atoms with E-state index in [4.69, 9.17) is 0 Å². The molecule has 1 aromatic rings. The van der Waals surface area contributed by atoms with Crippen LogP contribution >= 0.6 is 15.9 Å². The maximum absolute atomic E-state index is 9.51. The molecule has 0 aliphatic heterocycles. The number of aliphatic hydroxyl groups excluding tert-OH is 1. The van der Waals surface area contributed by atoms with E-state index in [9.17, 15) is 5.11 Å². The van der Waals surface area contributed by atoms with Gasteiger partial charge in [-0.3, -0.25) is 0 Å². The molecule has 1 N–H and O–H groups in total. The van der Waals surface area contributed by atoms with Gasteiger partial charge >= 0.3 is 0 Å². The summed E-state index contributed by atoms with van der Waals surface area (Å²) in [5, 5.41) is 9.51. The molecule has 0 aromatic heterocycles. The van der Waals surface area contributed by atoms with Gasteiger partial charge in [0.25, 0.3) is 0 Å². The van der Waals surface area contributed by atoms with Gasteiger partial charge in [-0.15, -0.1) is 0 Å². The van der Waals surface area contributed by atoms with Crippen molar-refractivity contribution in [2.24, 2.45) is 0 Å². The first-order valence-corrected chi connectivity index (χ1v) is 8.43. The number of halogens is 1. The van der Waals surface area contributed by atoms with Gasteiger partial charge in [-0.25, -0.2) is 0 Å². The van der Waals surface area contributed by atoms with Gasteiger partial charge in [0, 0.05) is 17.0 Å². The molecule has 1 atom stereocenters. The number of hydrogen-bond donors (Lipinski definition) is 1. The van der Waals surface area contributed by atoms with Crippen molar-refractivity contribution in [3.8, 4) is 0 Å². The summed E-state index contributed by atoms with van der Waals surface area (Å²) in [6.07, 6.45) is 10.4. The topological polar surface area (TPSA) is 20.2 Å². The predicted molar refractivity (Wildman–Crippen MR) is 86.6 cm³/mol. The molecule has 0 bridgehead atoms. The highest BCUT2D eigenvalue weighted by Crippen LogP contribution is 2.24. The number of aliphatic hydroxyl groups is 1. The molecule has 0 heterocycles. The van der Waals surface area contributed by atoms with Crippen LogP contribution in [-0.2, 0) is 0 Å². The molecule has 0 spiro atoms. The Morgan fingerprint density at radius 1 is 0.947 bits per heavy atom. The lowest BCUT2D eigenvalue weighted by Crippen LogP contribution is -2.04. The summed E-state index contributed by atoms with van der Waals surface area (Å²) in [4.78, 5) is 0. The maximum atomic E-state index is 9.51. The Labute approximate surface area is 126 Å². The predicted octanol–water partition coefficient (Wildman–Crippen LogP) is 5.67. The summed E-state index contributed by atoms with van der Waals surface area (Å²) in [5.41, 5.74) is 1.26. The Balaban J connectivity index is 2.20. The van der Waals surface area contributed by atoms with Gasteiger partial charge in [0.2, 0.25) is 0 Å². The molecular weight excluding hydrogens is 300 g/mol. The third kappa shape index (κ3) is 7.12. The fraction of sp³-hybridized carbons (Fsp3) is 0.647. The van der Waals surface area contributed by atoms with Crippen molar-refractivity contribution in [2.75, 3.05) is 6.61 Å². The van der Waals surface area contributed by atoms with Crippen molar-refractivity contribution >= 4 is 15.9 Å². The highest BCUT2D eigenvalue weighted by atomic mass is 79.9. The number of rotatable bonds is 10. The van der Waals surface area contributed by atoms with Gasteiger partial charge < -0.3 is 5.11 Å². The third-order valence-corrected chi connectivity index (χ3v) is 4.25. The smallest absolute Gasteiger partial charge is 0.0499 e. The van der Waals surface area contributed by atoms with Crippen molar-refractivity contribution in [2.45, 2.75) is 64.2 Å². The van der Waals surface area contributed by atoms with Gasteiger partial charge in [0.15, 0.2) is 0 Å². The largest absolute Gasteiger partial charge is 0.396 e. The zero-order valence-electron chi connectivity index (χ0n) is 12.1.